The summed E-state index contributed by atoms with van der Waals surface area (Å²) in [7, 11) is -3.85. The Bertz CT molecular complexity index is 1160. The number of carbonyl (C=O) groups is 2. The van der Waals surface area contributed by atoms with Gasteiger partial charge in [-0.15, -0.1) is 0 Å². The maximum atomic E-state index is 13.5. The molecule has 0 radical (unpaired) electrons. The van der Waals surface area contributed by atoms with Crippen LogP contribution in [0, 0.1) is 23.1 Å². The minimum absolute atomic E-state index is 0.0832. The van der Waals surface area contributed by atoms with Gasteiger partial charge in [-0.1, -0.05) is 50.2 Å². The zero-order valence-electron chi connectivity index (χ0n) is 19.4. The summed E-state index contributed by atoms with van der Waals surface area (Å²) in [4.78, 5) is 23.9. The van der Waals surface area contributed by atoms with Gasteiger partial charge in [-0.05, 0) is 41.7 Å². The van der Waals surface area contributed by atoms with E-state index in [1.807, 2.05) is 0 Å². The smallest absolute Gasteiger partial charge is 0.239 e. The normalized spacial score (nSPS) is 13.3. The number of carbonyl (C=O) groups excluding carboxylic acids is 2. The molecule has 0 bridgehead atoms. The largest absolute Gasteiger partial charge is 0.370 e. The topological polar surface area (TPSA) is 133 Å². The fraction of sp³-hybridized carbons (Fsp3) is 0.375. The molecule has 2 rings (SSSR count). The third-order valence-corrected chi connectivity index (χ3v) is 7.29. The monoisotopic (exact) mass is 488 g/mol. The summed E-state index contributed by atoms with van der Waals surface area (Å²) in [6, 6.07) is 12.5. The fourth-order valence-electron chi connectivity index (χ4n) is 3.40. The van der Waals surface area contributed by atoms with Gasteiger partial charge in [-0.2, -0.15) is 9.57 Å². The molecule has 2 aromatic carbocycles. The second-order valence-electron chi connectivity index (χ2n) is 8.46. The Kier molecular flexibility index (Phi) is 9.29. The Morgan fingerprint density at radius 3 is 2.29 bits per heavy atom. The molecule has 182 valence electrons. The molecule has 0 aromatic heterocycles. The number of halogens is 1. The summed E-state index contributed by atoms with van der Waals surface area (Å²) in [5.74, 6) is -2.19. The molecule has 2 aromatic rings. The molecule has 0 aliphatic heterocycles. The number of amides is 2. The van der Waals surface area contributed by atoms with Gasteiger partial charge in [0.2, 0.25) is 21.8 Å². The van der Waals surface area contributed by atoms with Crippen LogP contribution in [0.3, 0.4) is 0 Å². The van der Waals surface area contributed by atoms with Gasteiger partial charge in [0, 0.05) is 6.54 Å². The fourth-order valence-corrected chi connectivity index (χ4v) is 5.35. The zero-order valence-corrected chi connectivity index (χ0v) is 20.2. The van der Waals surface area contributed by atoms with Crippen LogP contribution in [0.25, 0.3) is 11.1 Å². The van der Waals surface area contributed by atoms with E-state index in [2.05, 4.69) is 5.32 Å². The molecule has 0 unspecified atom stereocenters. The molecule has 2 amide bonds. The molecule has 0 aliphatic carbocycles. The van der Waals surface area contributed by atoms with Crippen molar-refractivity contribution in [3.8, 4) is 17.2 Å². The van der Waals surface area contributed by atoms with E-state index < -0.39 is 33.9 Å². The molecule has 3 N–H and O–H groups in total. The Morgan fingerprint density at radius 2 is 1.76 bits per heavy atom. The van der Waals surface area contributed by atoms with Gasteiger partial charge < -0.3 is 11.1 Å². The Morgan fingerprint density at radius 1 is 1.12 bits per heavy atom. The number of rotatable bonds is 11. The second kappa shape index (κ2) is 11.7. The lowest BCUT2D eigenvalue weighted by Gasteiger charge is -2.29. The average Bonchev–Trinajstić information content (AvgIpc) is 2.75. The lowest BCUT2D eigenvalue weighted by Crippen LogP contribution is -2.51. The van der Waals surface area contributed by atoms with Crippen molar-refractivity contribution in [2.24, 2.45) is 11.7 Å². The van der Waals surface area contributed by atoms with Crippen LogP contribution in [0.4, 0.5) is 4.39 Å². The maximum absolute atomic E-state index is 13.5. The molecule has 0 saturated carbocycles. The first-order valence-electron chi connectivity index (χ1n) is 10.8. The van der Waals surface area contributed by atoms with Gasteiger partial charge in [0.05, 0.1) is 18.2 Å². The van der Waals surface area contributed by atoms with Crippen molar-refractivity contribution in [2.75, 3.05) is 5.75 Å². The minimum Gasteiger partial charge on any atom is -0.370 e. The van der Waals surface area contributed by atoms with Crippen LogP contribution in [0.15, 0.2) is 48.5 Å². The van der Waals surface area contributed by atoms with Gasteiger partial charge >= 0.3 is 0 Å². The molecule has 0 aliphatic rings. The SMILES string of the molecule is CC(C)CS(=O)(=O)N(Cc1ccc(-c2cccc(F)c2)cc1)[C@@H](C)C(=O)N[C@H](C#N)CC(N)=O. The number of hydrogen-bond acceptors (Lipinski definition) is 5. The number of benzene rings is 2. The summed E-state index contributed by atoms with van der Waals surface area (Å²) in [5.41, 5.74) is 7.17. The van der Waals surface area contributed by atoms with Crippen molar-refractivity contribution in [3.63, 3.8) is 0 Å². The second-order valence-corrected chi connectivity index (χ2v) is 10.4. The first-order valence-corrected chi connectivity index (χ1v) is 12.4. The van der Waals surface area contributed by atoms with E-state index in [1.54, 1.807) is 56.3 Å². The van der Waals surface area contributed by atoms with E-state index in [9.17, 15) is 22.4 Å². The number of sulfonamides is 1. The van der Waals surface area contributed by atoms with Crippen LogP contribution < -0.4 is 11.1 Å². The molecule has 0 heterocycles. The molecular weight excluding hydrogens is 459 g/mol. The van der Waals surface area contributed by atoms with Crippen LogP contribution >= 0.6 is 0 Å². The van der Waals surface area contributed by atoms with Crippen molar-refractivity contribution in [3.05, 3.63) is 59.9 Å². The average molecular weight is 489 g/mol. The van der Waals surface area contributed by atoms with Crippen molar-refractivity contribution in [1.29, 1.82) is 5.26 Å². The lowest BCUT2D eigenvalue weighted by molar-refractivity contribution is -0.125. The maximum Gasteiger partial charge on any atom is 0.239 e. The van der Waals surface area contributed by atoms with E-state index in [0.717, 1.165) is 9.87 Å². The van der Waals surface area contributed by atoms with Gasteiger partial charge in [0.15, 0.2) is 0 Å². The Balaban J connectivity index is 2.29. The number of primary amides is 1. The molecule has 0 fully saturated rings. The third kappa shape index (κ3) is 7.64. The highest BCUT2D eigenvalue weighted by Gasteiger charge is 2.33. The number of nitrogens with two attached hydrogens (primary N) is 1. The molecular formula is C24H29FN4O4S. The Labute approximate surface area is 199 Å². The van der Waals surface area contributed by atoms with E-state index >= 15 is 0 Å². The predicted octanol–water partition coefficient (Wildman–Crippen LogP) is 2.55. The van der Waals surface area contributed by atoms with Crippen LogP contribution in [0.2, 0.25) is 0 Å². The number of nitrogens with zero attached hydrogens (tertiary/aromatic N) is 2. The number of hydrogen-bond donors (Lipinski definition) is 2. The standard InChI is InChI=1S/C24H29FN4O4S/c1-16(2)15-34(32,33)29(17(3)24(31)28-22(13-26)12-23(27)30)14-18-7-9-19(10-8-18)20-5-4-6-21(25)11-20/h4-11,16-17,22H,12,14-15H2,1-3H3,(H2,27,30)(H,28,31)/t17-,22-/m0/s1. The molecule has 2 atom stereocenters. The van der Waals surface area contributed by atoms with Crippen LogP contribution in [-0.2, 0) is 26.2 Å². The van der Waals surface area contributed by atoms with Crippen molar-refractivity contribution in [1.82, 2.24) is 9.62 Å². The van der Waals surface area contributed by atoms with E-state index in [4.69, 9.17) is 11.0 Å². The summed E-state index contributed by atoms with van der Waals surface area (Å²) >= 11 is 0. The summed E-state index contributed by atoms with van der Waals surface area (Å²) in [6.45, 7) is 4.85. The van der Waals surface area contributed by atoms with Crippen LogP contribution in [0.1, 0.15) is 32.8 Å². The zero-order chi connectivity index (χ0) is 25.5. The van der Waals surface area contributed by atoms with Gasteiger partial charge in [-0.3, -0.25) is 9.59 Å². The minimum atomic E-state index is -3.85. The first kappa shape index (κ1) is 27.0. The molecule has 10 heteroatoms. The van der Waals surface area contributed by atoms with Crippen LogP contribution in [0.5, 0.6) is 0 Å². The molecule has 8 nitrogen and oxygen atoms in total. The van der Waals surface area contributed by atoms with Gasteiger partial charge in [0.1, 0.15) is 17.9 Å². The van der Waals surface area contributed by atoms with Gasteiger partial charge in [-0.25, -0.2) is 12.8 Å². The summed E-state index contributed by atoms with van der Waals surface area (Å²) < 4.78 is 40.8. The first-order chi connectivity index (χ1) is 15.9. The number of nitrogens with one attached hydrogen (secondary N) is 1. The highest BCUT2D eigenvalue weighted by Crippen LogP contribution is 2.23. The number of nitriles is 1. The lowest BCUT2D eigenvalue weighted by atomic mass is 10.0. The molecule has 0 spiro atoms. The highest BCUT2D eigenvalue weighted by atomic mass is 32.2. The summed E-state index contributed by atoms with van der Waals surface area (Å²) in [5, 5.41) is 11.6. The summed E-state index contributed by atoms with van der Waals surface area (Å²) in [6.07, 6.45) is -0.380. The molecule has 0 saturated heterocycles. The van der Waals surface area contributed by atoms with E-state index in [-0.39, 0.29) is 30.5 Å². The highest BCUT2D eigenvalue weighted by molar-refractivity contribution is 7.89. The van der Waals surface area contributed by atoms with Crippen molar-refractivity contribution >= 4 is 21.8 Å². The van der Waals surface area contributed by atoms with E-state index in [1.165, 1.54) is 19.1 Å². The molecule has 34 heavy (non-hydrogen) atoms. The Hall–Kier alpha value is -3.29. The third-order valence-electron chi connectivity index (χ3n) is 5.04. The van der Waals surface area contributed by atoms with Crippen LogP contribution in [-0.4, -0.2) is 42.4 Å². The van der Waals surface area contributed by atoms with Crippen molar-refractivity contribution in [2.45, 2.75) is 45.8 Å². The van der Waals surface area contributed by atoms with E-state index in [0.29, 0.717) is 11.1 Å². The predicted molar refractivity (Wildman–Crippen MR) is 127 cm³/mol. The quantitative estimate of drug-likeness (QED) is 0.501. The van der Waals surface area contributed by atoms with Crippen molar-refractivity contribution < 1.29 is 22.4 Å². The van der Waals surface area contributed by atoms with Gasteiger partial charge in [0.25, 0.3) is 0 Å².